The van der Waals surface area contributed by atoms with E-state index in [1.165, 1.54) is 0 Å². The van der Waals surface area contributed by atoms with Gasteiger partial charge in [-0.05, 0) is 50.1 Å². The number of carbonyl (C=O) groups is 3. The molecule has 1 aromatic carbocycles. The van der Waals surface area contributed by atoms with Crippen molar-refractivity contribution >= 4 is 46.7 Å². The Bertz CT molecular complexity index is 1540. The Hall–Kier alpha value is -3.47. The minimum atomic E-state index is -0.431. The van der Waals surface area contributed by atoms with E-state index >= 15 is 0 Å². The van der Waals surface area contributed by atoms with E-state index in [0.717, 1.165) is 17.7 Å². The minimum Gasteiger partial charge on any atom is -0.394 e. The lowest BCUT2D eigenvalue weighted by Gasteiger charge is -2.38. The third-order valence-corrected chi connectivity index (χ3v) is 9.11. The van der Waals surface area contributed by atoms with Crippen molar-refractivity contribution in [3.63, 3.8) is 0 Å². The summed E-state index contributed by atoms with van der Waals surface area (Å²) in [7, 11) is 0. The lowest BCUT2D eigenvalue weighted by Crippen LogP contribution is -2.46. The van der Waals surface area contributed by atoms with E-state index in [1.807, 2.05) is 26.0 Å². The Morgan fingerprint density at radius 3 is 2.63 bits per heavy atom. The predicted molar refractivity (Wildman–Crippen MR) is 153 cm³/mol. The molecule has 3 aliphatic rings. The first-order chi connectivity index (χ1) is 19.7. The van der Waals surface area contributed by atoms with Crippen LogP contribution in [0.4, 0.5) is 5.82 Å². The summed E-state index contributed by atoms with van der Waals surface area (Å²) < 4.78 is 1.64. The van der Waals surface area contributed by atoms with Gasteiger partial charge >= 0.3 is 0 Å². The second kappa shape index (κ2) is 10.7. The molecule has 0 aliphatic carbocycles. The number of pyridine rings is 1. The number of rotatable bonds is 5. The second-order valence-electron chi connectivity index (χ2n) is 10.9. The van der Waals surface area contributed by atoms with Crippen LogP contribution in [0.15, 0.2) is 36.5 Å². The summed E-state index contributed by atoms with van der Waals surface area (Å²) in [5, 5.41) is 15.7. The van der Waals surface area contributed by atoms with Crippen molar-refractivity contribution in [2.75, 3.05) is 24.6 Å². The van der Waals surface area contributed by atoms with Crippen LogP contribution in [-0.2, 0) is 17.8 Å². The molecular weight excluding hydrogens is 567 g/mol. The molecule has 41 heavy (non-hydrogen) atoms. The standard InChI is InChI=1S/C29H30Cl2N6O4/c1-16-10-24-21(14-35(16)28(40)18-5-7-22(30)23(31)11-18)27-29(41)36(13-20(15-38)37(27)33-24)17(2)19-6-8-25(32-12-19)34-9-3-4-26(34)39/h5-8,11-12,16-17,20,38H,3-4,9-10,13-15H2,1-2H3/t16-,17?,20+/m1/s1. The van der Waals surface area contributed by atoms with Crippen LogP contribution >= 0.6 is 23.2 Å². The number of carbonyl (C=O) groups excluding carboxylic acids is 3. The van der Waals surface area contributed by atoms with Gasteiger partial charge in [0.05, 0.1) is 41.0 Å². The first-order valence-electron chi connectivity index (χ1n) is 13.7. The molecule has 0 saturated carbocycles. The molecule has 214 valence electrons. The molecule has 1 saturated heterocycles. The summed E-state index contributed by atoms with van der Waals surface area (Å²) in [6.07, 6.45) is 3.52. The summed E-state index contributed by atoms with van der Waals surface area (Å²) in [6.45, 7) is 4.81. The number of hydrogen-bond donors (Lipinski definition) is 1. The van der Waals surface area contributed by atoms with Gasteiger partial charge in [0.25, 0.3) is 11.8 Å². The van der Waals surface area contributed by atoms with Gasteiger partial charge < -0.3 is 14.9 Å². The van der Waals surface area contributed by atoms with E-state index in [9.17, 15) is 19.5 Å². The highest BCUT2D eigenvalue weighted by Crippen LogP contribution is 2.36. The molecule has 0 spiro atoms. The molecule has 3 amide bonds. The first-order valence-corrected chi connectivity index (χ1v) is 14.5. The van der Waals surface area contributed by atoms with E-state index in [-0.39, 0.29) is 49.5 Å². The van der Waals surface area contributed by atoms with Gasteiger partial charge in [0.1, 0.15) is 11.5 Å². The van der Waals surface area contributed by atoms with Crippen molar-refractivity contribution in [3.8, 4) is 0 Å². The second-order valence-corrected chi connectivity index (χ2v) is 11.7. The van der Waals surface area contributed by atoms with Gasteiger partial charge in [-0.15, -0.1) is 0 Å². The molecule has 3 aromatic rings. The fourth-order valence-electron chi connectivity index (χ4n) is 5.99. The quantitative estimate of drug-likeness (QED) is 0.475. The number of benzene rings is 1. The van der Waals surface area contributed by atoms with Crippen LogP contribution in [0.3, 0.4) is 0 Å². The summed E-state index contributed by atoms with van der Waals surface area (Å²) in [4.78, 5) is 49.3. The van der Waals surface area contributed by atoms with Gasteiger partial charge in [0.2, 0.25) is 5.91 Å². The molecule has 0 radical (unpaired) electrons. The van der Waals surface area contributed by atoms with Crippen molar-refractivity contribution < 1.29 is 19.5 Å². The van der Waals surface area contributed by atoms with E-state index in [1.54, 1.807) is 43.8 Å². The maximum atomic E-state index is 14.0. The van der Waals surface area contributed by atoms with Crippen molar-refractivity contribution in [1.82, 2.24) is 24.6 Å². The van der Waals surface area contributed by atoms with Gasteiger partial charge in [-0.3, -0.25) is 24.0 Å². The summed E-state index contributed by atoms with van der Waals surface area (Å²) in [5.41, 5.74) is 3.07. The molecule has 6 rings (SSSR count). The predicted octanol–water partition coefficient (Wildman–Crippen LogP) is 4.05. The van der Waals surface area contributed by atoms with Crippen LogP contribution in [-0.4, -0.2) is 73.1 Å². The van der Waals surface area contributed by atoms with Gasteiger partial charge in [-0.1, -0.05) is 29.3 Å². The molecule has 5 heterocycles. The van der Waals surface area contributed by atoms with Crippen molar-refractivity contribution in [2.24, 2.45) is 0 Å². The number of nitrogens with zero attached hydrogens (tertiary/aromatic N) is 6. The fraction of sp³-hybridized carbons (Fsp3) is 0.414. The number of aromatic nitrogens is 3. The molecule has 1 fully saturated rings. The van der Waals surface area contributed by atoms with E-state index < -0.39 is 6.04 Å². The van der Waals surface area contributed by atoms with Gasteiger partial charge in [-0.2, -0.15) is 5.10 Å². The number of halogens is 2. The fourth-order valence-corrected chi connectivity index (χ4v) is 6.29. The van der Waals surface area contributed by atoms with Crippen LogP contribution in [0.1, 0.15) is 76.4 Å². The molecule has 1 unspecified atom stereocenters. The molecule has 10 nitrogen and oxygen atoms in total. The van der Waals surface area contributed by atoms with Crippen molar-refractivity contribution in [1.29, 1.82) is 0 Å². The number of amides is 3. The number of aliphatic hydroxyl groups is 1. The topological polar surface area (TPSA) is 112 Å². The summed E-state index contributed by atoms with van der Waals surface area (Å²) >= 11 is 12.2. The largest absolute Gasteiger partial charge is 0.394 e. The highest BCUT2D eigenvalue weighted by Gasteiger charge is 2.41. The Morgan fingerprint density at radius 2 is 1.98 bits per heavy atom. The molecule has 2 aromatic heterocycles. The molecule has 3 aliphatic heterocycles. The zero-order valence-electron chi connectivity index (χ0n) is 22.8. The van der Waals surface area contributed by atoms with Crippen LogP contribution < -0.4 is 4.90 Å². The van der Waals surface area contributed by atoms with Crippen LogP contribution in [0.2, 0.25) is 10.0 Å². The zero-order valence-corrected chi connectivity index (χ0v) is 24.3. The number of hydrogen-bond acceptors (Lipinski definition) is 6. The minimum absolute atomic E-state index is 0.0642. The van der Waals surface area contributed by atoms with E-state index in [2.05, 4.69) is 4.98 Å². The lowest BCUT2D eigenvalue weighted by atomic mass is 9.96. The normalized spacial score (nSPS) is 21.2. The number of anilines is 1. The SMILES string of the molecule is CC(c1ccc(N2CCCC2=O)nc1)N1C[C@@H](CO)n2nc3c(c2C1=O)CN(C(=O)c1ccc(Cl)c(Cl)c1)[C@H](C)C3. The van der Waals surface area contributed by atoms with Gasteiger partial charge in [-0.25, -0.2) is 4.98 Å². The average Bonchev–Trinajstić information content (AvgIpc) is 3.57. The van der Waals surface area contributed by atoms with E-state index in [4.69, 9.17) is 28.3 Å². The summed E-state index contributed by atoms with van der Waals surface area (Å²) in [5.74, 6) is 0.242. The van der Waals surface area contributed by atoms with Gasteiger partial charge in [0.15, 0.2) is 0 Å². The third-order valence-electron chi connectivity index (χ3n) is 8.37. The smallest absolute Gasteiger partial charge is 0.273 e. The third kappa shape index (κ3) is 4.77. The average molecular weight is 598 g/mol. The van der Waals surface area contributed by atoms with Crippen LogP contribution in [0.5, 0.6) is 0 Å². The first kappa shape index (κ1) is 27.7. The summed E-state index contributed by atoms with van der Waals surface area (Å²) in [6, 6.07) is 7.55. The Kier molecular flexibility index (Phi) is 7.25. The maximum Gasteiger partial charge on any atom is 0.273 e. The molecule has 1 N–H and O–H groups in total. The molecule has 3 atom stereocenters. The highest BCUT2D eigenvalue weighted by atomic mass is 35.5. The zero-order chi connectivity index (χ0) is 29.0. The van der Waals surface area contributed by atoms with Crippen LogP contribution in [0.25, 0.3) is 0 Å². The highest BCUT2D eigenvalue weighted by molar-refractivity contribution is 6.42. The number of fused-ring (bicyclic) bond motifs is 3. The molecule has 0 bridgehead atoms. The number of aliphatic hydroxyl groups excluding tert-OH is 1. The molecule has 12 heteroatoms. The van der Waals surface area contributed by atoms with Gasteiger partial charge in [0, 0.05) is 49.3 Å². The van der Waals surface area contributed by atoms with Crippen molar-refractivity contribution in [2.45, 2.75) is 57.8 Å². The maximum absolute atomic E-state index is 14.0. The monoisotopic (exact) mass is 596 g/mol. The van der Waals surface area contributed by atoms with Crippen LogP contribution in [0, 0.1) is 0 Å². The lowest BCUT2D eigenvalue weighted by molar-refractivity contribution is -0.117. The Balaban J connectivity index is 1.29. The van der Waals surface area contributed by atoms with Crippen molar-refractivity contribution in [3.05, 3.63) is 74.7 Å². The van der Waals surface area contributed by atoms with E-state index in [0.29, 0.717) is 52.1 Å². The molecular formula is C29H30Cl2N6O4. The Morgan fingerprint density at radius 1 is 1.17 bits per heavy atom. The Labute approximate surface area is 247 Å².